The molecule has 1 spiro atoms. The van der Waals surface area contributed by atoms with Crippen LogP contribution in [0.15, 0.2) is 218 Å². The van der Waals surface area contributed by atoms with E-state index in [1.807, 2.05) is 0 Å². The van der Waals surface area contributed by atoms with Gasteiger partial charge >= 0.3 is 0 Å². The van der Waals surface area contributed by atoms with Gasteiger partial charge in [0, 0.05) is 39.2 Å². The Hall–Kier alpha value is -7.68. The summed E-state index contributed by atoms with van der Waals surface area (Å²) in [5, 5.41) is 4.92. The Labute approximate surface area is 394 Å². The van der Waals surface area contributed by atoms with E-state index >= 15 is 0 Å². The Morgan fingerprint density at radius 2 is 0.866 bits per heavy atom. The SMILES string of the molecule is c1ccc2c(c1)CCCCc1cc(N(c3ccc(-c4ccc(N(c5ccc6ccccc6c5)c5cccc6ccccc56)cc4)cc3)c3ccc4c(c3)-c3ccccc3C43CCCC3)ccc1-2. The van der Waals surface area contributed by atoms with Gasteiger partial charge in [0.1, 0.15) is 0 Å². The summed E-state index contributed by atoms with van der Waals surface area (Å²) >= 11 is 0. The van der Waals surface area contributed by atoms with Gasteiger partial charge in [-0.2, -0.15) is 0 Å². The van der Waals surface area contributed by atoms with E-state index in [1.54, 1.807) is 0 Å². The standard InChI is InChI=1S/C65H52N2/c1-3-18-50-42-55(35-30-45(50)14-1)67(64-25-13-20-49-17-6-8-22-59(49)64)53-33-28-47(29-34-53)46-26-31-52(32-27-46)66(54-36-38-58-51(43-54)19-4-2-15-48-16-5-7-21-57(48)58)56-37-39-63-61(44-56)60-23-9-10-24-62(60)65(63)40-11-12-41-65/h1,3,5-10,13-14,16-18,20-39,42-44H,2,4,11-12,15,19,40-41H2. The summed E-state index contributed by atoms with van der Waals surface area (Å²) in [5.41, 5.74) is 21.0. The number of rotatable bonds is 7. The Bertz CT molecular complexity index is 3480. The van der Waals surface area contributed by atoms with Gasteiger partial charge in [-0.15, -0.1) is 0 Å². The Kier molecular flexibility index (Phi) is 9.67. The number of hydrogen-bond donors (Lipinski definition) is 0. The predicted octanol–water partition coefficient (Wildman–Crippen LogP) is 18.0. The minimum absolute atomic E-state index is 0.143. The van der Waals surface area contributed by atoms with Gasteiger partial charge in [-0.1, -0.05) is 165 Å². The van der Waals surface area contributed by atoms with Crippen LogP contribution >= 0.6 is 0 Å². The fourth-order valence-electron chi connectivity index (χ4n) is 12.1. The van der Waals surface area contributed by atoms with Crippen molar-refractivity contribution < 1.29 is 0 Å². The molecule has 0 radical (unpaired) electrons. The molecule has 0 atom stereocenters. The lowest BCUT2D eigenvalue weighted by atomic mass is 9.77. The normalized spacial score (nSPS) is 14.5. The molecule has 10 aromatic carbocycles. The van der Waals surface area contributed by atoms with Crippen molar-refractivity contribution in [1.82, 2.24) is 0 Å². The maximum Gasteiger partial charge on any atom is 0.0540 e. The number of hydrogen-bond acceptors (Lipinski definition) is 2. The molecular formula is C65H52N2. The van der Waals surface area contributed by atoms with Crippen molar-refractivity contribution >= 4 is 55.7 Å². The largest absolute Gasteiger partial charge is 0.310 e. The summed E-state index contributed by atoms with van der Waals surface area (Å²) in [7, 11) is 0. The third-order valence-electron chi connectivity index (χ3n) is 15.3. The minimum atomic E-state index is 0.143. The molecule has 1 fully saturated rings. The van der Waals surface area contributed by atoms with Gasteiger partial charge in [-0.3, -0.25) is 0 Å². The number of nitrogens with zero attached hydrogens (tertiary/aromatic N) is 2. The molecule has 0 N–H and O–H groups in total. The lowest BCUT2D eigenvalue weighted by molar-refractivity contribution is 0.550. The Morgan fingerprint density at radius 1 is 0.313 bits per heavy atom. The van der Waals surface area contributed by atoms with E-state index < -0.39 is 0 Å². The van der Waals surface area contributed by atoms with Crippen molar-refractivity contribution in [2.45, 2.75) is 56.8 Å². The van der Waals surface area contributed by atoms with Crippen molar-refractivity contribution in [3.8, 4) is 33.4 Å². The first-order valence-corrected chi connectivity index (χ1v) is 24.4. The van der Waals surface area contributed by atoms with Crippen molar-refractivity contribution in [2.75, 3.05) is 9.80 Å². The first-order chi connectivity index (χ1) is 33.2. The fraction of sp³-hybridized carbons (Fsp3) is 0.138. The molecular weight excluding hydrogens is 809 g/mol. The van der Waals surface area contributed by atoms with E-state index in [9.17, 15) is 0 Å². The maximum atomic E-state index is 2.51. The smallest absolute Gasteiger partial charge is 0.0540 e. The first-order valence-electron chi connectivity index (χ1n) is 24.4. The van der Waals surface area contributed by atoms with Crippen molar-refractivity contribution in [1.29, 1.82) is 0 Å². The lowest BCUT2D eigenvalue weighted by Gasteiger charge is -2.29. The van der Waals surface area contributed by atoms with Crippen LogP contribution in [0.2, 0.25) is 0 Å². The summed E-state index contributed by atoms with van der Waals surface area (Å²) in [6.45, 7) is 0. The zero-order valence-corrected chi connectivity index (χ0v) is 37.8. The second-order valence-corrected chi connectivity index (χ2v) is 19.1. The highest BCUT2D eigenvalue weighted by molar-refractivity contribution is 6.00. The van der Waals surface area contributed by atoms with Gasteiger partial charge in [0.15, 0.2) is 0 Å². The Balaban J connectivity index is 0.896. The number of anilines is 6. The highest BCUT2D eigenvalue weighted by Crippen LogP contribution is 2.58. The van der Waals surface area contributed by atoms with E-state index in [2.05, 4.69) is 228 Å². The van der Waals surface area contributed by atoms with Crippen LogP contribution in [-0.2, 0) is 18.3 Å². The Morgan fingerprint density at radius 3 is 1.67 bits per heavy atom. The zero-order valence-electron chi connectivity index (χ0n) is 37.8. The highest BCUT2D eigenvalue weighted by Gasteiger charge is 2.45. The molecule has 0 heterocycles. The van der Waals surface area contributed by atoms with Crippen molar-refractivity contribution in [3.05, 3.63) is 241 Å². The molecule has 0 unspecified atom stereocenters. The van der Waals surface area contributed by atoms with Crippen LogP contribution < -0.4 is 9.80 Å². The van der Waals surface area contributed by atoms with Gasteiger partial charge < -0.3 is 9.80 Å². The molecule has 322 valence electrons. The van der Waals surface area contributed by atoms with Gasteiger partial charge in [-0.05, 0) is 177 Å². The molecule has 3 aliphatic carbocycles. The molecule has 0 aliphatic heterocycles. The average molecular weight is 861 g/mol. The molecule has 67 heavy (non-hydrogen) atoms. The van der Waals surface area contributed by atoms with E-state index in [-0.39, 0.29) is 5.41 Å². The molecule has 0 bridgehead atoms. The second-order valence-electron chi connectivity index (χ2n) is 19.1. The van der Waals surface area contributed by atoms with Gasteiger partial charge in [0.05, 0.1) is 5.69 Å². The van der Waals surface area contributed by atoms with Crippen LogP contribution in [-0.4, -0.2) is 0 Å². The molecule has 0 amide bonds. The second kappa shape index (κ2) is 16.3. The third kappa shape index (κ3) is 6.77. The van der Waals surface area contributed by atoms with Gasteiger partial charge in [0.25, 0.3) is 0 Å². The molecule has 2 nitrogen and oxygen atoms in total. The molecule has 13 rings (SSSR count). The average Bonchev–Trinajstić information content (AvgIpc) is 3.99. The van der Waals surface area contributed by atoms with E-state index in [0.29, 0.717) is 0 Å². The van der Waals surface area contributed by atoms with E-state index in [0.717, 1.165) is 35.6 Å². The summed E-state index contributed by atoms with van der Waals surface area (Å²) in [6, 6.07) is 82.0. The van der Waals surface area contributed by atoms with Crippen LogP contribution in [0.25, 0.3) is 54.9 Å². The summed E-state index contributed by atoms with van der Waals surface area (Å²) in [4.78, 5) is 4.91. The van der Waals surface area contributed by atoms with Gasteiger partial charge in [-0.25, -0.2) is 0 Å². The molecule has 3 aliphatic rings. The number of fused-ring (bicyclic) bond motifs is 10. The molecule has 1 saturated carbocycles. The molecule has 10 aromatic rings. The number of benzene rings is 10. The first kappa shape index (κ1) is 39.7. The van der Waals surface area contributed by atoms with Crippen LogP contribution in [0.5, 0.6) is 0 Å². The fourth-order valence-corrected chi connectivity index (χ4v) is 12.1. The van der Waals surface area contributed by atoms with Crippen molar-refractivity contribution in [3.63, 3.8) is 0 Å². The molecule has 0 aromatic heterocycles. The minimum Gasteiger partial charge on any atom is -0.310 e. The van der Waals surface area contributed by atoms with Gasteiger partial charge in [0.2, 0.25) is 0 Å². The van der Waals surface area contributed by atoms with Crippen LogP contribution in [0.1, 0.15) is 60.8 Å². The van der Waals surface area contributed by atoms with Crippen LogP contribution in [0.4, 0.5) is 34.1 Å². The lowest BCUT2D eigenvalue weighted by Crippen LogP contribution is -2.20. The molecule has 0 saturated heterocycles. The predicted molar refractivity (Wildman–Crippen MR) is 283 cm³/mol. The maximum absolute atomic E-state index is 2.51. The van der Waals surface area contributed by atoms with E-state index in [4.69, 9.17) is 0 Å². The highest BCUT2D eigenvalue weighted by atomic mass is 15.1. The molecule has 2 heteroatoms. The summed E-state index contributed by atoms with van der Waals surface area (Å²) < 4.78 is 0. The topological polar surface area (TPSA) is 6.48 Å². The summed E-state index contributed by atoms with van der Waals surface area (Å²) in [6.07, 6.45) is 9.69. The quantitative estimate of drug-likeness (QED) is 0.158. The summed E-state index contributed by atoms with van der Waals surface area (Å²) in [5.74, 6) is 0. The monoisotopic (exact) mass is 860 g/mol. The van der Waals surface area contributed by atoms with Crippen LogP contribution in [0, 0.1) is 0 Å². The zero-order chi connectivity index (χ0) is 44.3. The van der Waals surface area contributed by atoms with Crippen molar-refractivity contribution in [2.24, 2.45) is 0 Å². The van der Waals surface area contributed by atoms with E-state index in [1.165, 1.54) is 127 Å². The van der Waals surface area contributed by atoms with Crippen LogP contribution in [0.3, 0.4) is 0 Å². The third-order valence-corrected chi connectivity index (χ3v) is 15.3. The number of aryl methyl sites for hydroxylation is 2.